The molecule has 1 aliphatic heterocycles. The van der Waals surface area contributed by atoms with Crippen molar-refractivity contribution in [1.29, 1.82) is 0 Å². The van der Waals surface area contributed by atoms with Crippen molar-refractivity contribution in [1.82, 2.24) is 20.3 Å². The Kier molecular flexibility index (Phi) is 6.07. The third-order valence-electron chi connectivity index (χ3n) is 5.14. The molecule has 1 aliphatic rings. The van der Waals surface area contributed by atoms with Gasteiger partial charge < -0.3 is 19.6 Å². The zero-order chi connectivity index (χ0) is 21.6. The van der Waals surface area contributed by atoms with Crippen LogP contribution in [0.1, 0.15) is 20.8 Å². The van der Waals surface area contributed by atoms with Gasteiger partial charge in [0.2, 0.25) is 5.91 Å². The first kappa shape index (κ1) is 20.3. The highest BCUT2D eigenvalue weighted by molar-refractivity contribution is 5.96. The fourth-order valence-electron chi connectivity index (χ4n) is 3.40. The molecule has 3 aromatic rings. The molecule has 0 atom stereocenters. The van der Waals surface area contributed by atoms with Crippen LogP contribution in [0.3, 0.4) is 0 Å². The molecule has 1 saturated heterocycles. The Morgan fingerprint density at radius 1 is 0.871 bits per heavy atom. The first-order chi connectivity index (χ1) is 15.1. The van der Waals surface area contributed by atoms with Crippen LogP contribution < -0.4 is 5.32 Å². The van der Waals surface area contributed by atoms with E-state index in [0.29, 0.717) is 37.5 Å². The fraction of sp³-hybridized carbons (Fsp3) is 0.217. The number of aromatic nitrogens is 1. The molecule has 0 aliphatic carbocycles. The van der Waals surface area contributed by atoms with Gasteiger partial charge in [-0.1, -0.05) is 53.7 Å². The monoisotopic (exact) mass is 418 g/mol. The second-order valence-electron chi connectivity index (χ2n) is 7.16. The maximum Gasteiger partial charge on any atom is 0.273 e. The summed E-state index contributed by atoms with van der Waals surface area (Å²) in [6, 6.07) is 19.9. The summed E-state index contributed by atoms with van der Waals surface area (Å²) < 4.78 is 5.22. The Morgan fingerprint density at radius 3 is 2.16 bits per heavy atom. The van der Waals surface area contributed by atoms with E-state index in [-0.39, 0.29) is 24.1 Å². The van der Waals surface area contributed by atoms with Gasteiger partial charge in [0.05, 0.1) is 6.54 Å². The minimum Gasteiger partial charge on any atom is -0.355 e. The molecule has 0 spiro atoms. The van der Waals surface area contributed by atoms with Gasteiger partial charge in [-0.25, -0.2) is 0 Å². The van der Waals surface area contributed by atoms with Crippen molar-refractivity contribution >= 4 is 17.7 Å². The van der Waals surface area contributed by atoms with Crippen molar-refractivity contribution in [2.75, 3.05) is 32.7 Å². The van der Waals surface area contributed by atoms with Crippen LogP contribution in [0, 0.1) is 0 Å². The van der Waals surface area contributed by atoms with E-state index in [1.807, 2.05) is 48.5 Å². The topological polar surface area (TPSA) is 95.8 Å². The van der Waals surface area contributed by atoms with Crippen molar-refractivity contribution in [3.05, 3.63) is 78.0 Å². The quantitative estimate of drug-likeness (QED) is 0.684. The summed E-state index contributed by atoms with van der Waals surface area (Å²) in [4.78, 5) is 40.7. The molecule has 8 heteroatoms. The first-order valence-corrected chi connectivity index (χ1v) is 10.0. The van der Waals surface area contributed by atoms with E-state index in [0.717, 1.165) is 5.56 Å². The van der Waals surface area contributed by atoms with Gasteiger partial charge >= 0.3 is 0 Å². The van der Waals surface area contributed by atoms with E-state index in [1.54, 1.807) is 28.0 Å². The van der Waals surface area contributed by atoms with E-state index in [1.165, 1.54) is 0 Å². The Bertz CT molecular complexity index is 1060. The van der Waals surface area contributed by atoms with Gasteiger partial charge in [0.15, 0.2) is 11.5 Å². The molecule has 1 N–H and O–H groups in total. The van der Waals surface area contributed by atoms with Crippen LogP contribution in [0.5, 0.6) is 0 Å². The number of amides is 3. The molecule has 0 radical (unpaired) electrons. The lowest BCUT2D eigenvalue weighted by molar-refractivity contribution is -0.131. The summed E-state index contributed by atoms with van der Waals surface area (Å²) in [5, 5.41) is 6.37. The molecular weight excluding hydrogens is 396 g/mol. The summed E-state index contributed by atoms with van der Waals surface area (Å²) in [5.41, 5.74) is 1.56. The zero-order valence-corrected chi connectivity index (χ0v) is 16.9. The predicted molar refractivity (Wildman–Crippen MR) is 113 cm³/mol. The lowest BCUT2D eigenvalue weighted by Gasteiger charge is -2.34. The van der Waals surface area contributed by atoms with E-state index in [2.05, 4.69) is 10.5 Å². The van der Waals surface area contributed by atoms with Crippen LogP contribution in [0.4, 0.5) is 0 Å². The lowest BCUT2D eigenvalue weighted by Crippen LogP contribution is -2.52. The van der Waals surface area contributed by atoms with E-state index in [4.69, 9.17) is 4.52 Å². The molecule has 2 aromatic carbocycles. The lowest BCUT2D eigenvalue weighted by atomic mass is 10.1. The number of rotatable bonds is 5. The highest BCUT2D eigenvalue weighted by atomic mass is 16.5. The largest absolute Gasteiger partial charge is 0.355 e. The number of hydrogen-bond donors (Lipinski definition) is 1. The predicted octanol–water partition coefficient (Wildman–Crippen LogP) is 2.06. The fourth-order valence-corrected chi connectivity index (χ4v) is 3.40. The van der Waals surface area contributed by atoms with Crippen molar-refractivity contribution in [3.63, 3.8) is 0 Å². The minimum absolute atomic E-state index is 0.0405. The molecule has 158 valence electrons. The normalized spacial score (nSPS) is 13.7. The summed E-state index contributed by atoms with van der Waals surface area (Å²) >= 11 is 0. The van der Waals surface area contributed by atoms with Crippen LogP contribution in [-0.4, -0.2) is 65.4 Å². The molecule has 4 rings (SSSR count). The second-order valence-corrected chi connectivity index (χ2v) is 7.16. The van der Waals surface area contributed by atoms with E-state index in [9.17, 15) is 14.4 Å². The van der Waals surface area contributed by atoms with Crippen LogP contribution in [0.25, 0.3) is 11.3 Å². The number of benzene rings is 2. The Labute approximate surface area is 179 Å². The molecular formula is C23H22N4O4. The maximum absolute atomic E-state index is 12.5. The van der Waals surface area contributed by atoms with Crippen LogP contribution in [-0.2, 0) is 4.79 Å². The smallest absolute Gasteiger partial charge is 0.273 e. The molecule has 0 saturated carbocycles. The summed E-state index contributed by atoms with van der Waals surface area (Å²) in [7, 11) is 0. The van der Waals surface area contributed by atoms with Crippen molar-refractivity contribution in [2.24, 2.45) is 0 Å². The molecule has 3 amide bonds. The summed E-state index contributed by atoms with van der Waals surface area (Å²) in [5.74, 6) is -0.235. The summed E-state index contributed by atoms with van der Waals surface area (Å²) in [6.07, 6.45) is 0. The third-order valence-corrected chi connectivity index (χ3v) is 5.14. The second kappa shape index (κ2) is 9.25. The van der Waals surface area contributed by atoms with Crippen LogP contribution in [0.2, 0.25) is 0 Å². The Morgan fingerprint density at radius 2 is 1.48 bits per heavy atom. The summed E-state index contributed by atoms with van der Waals surface area (Å²) in [6.45, 7) is 1.62. The highest BCUT2D eigenvalue weighted by Crippen LogP contribution is 2.19. The van der Waals surface area contributed by atoms with Crippen molar-refractivity contribution < 1.29 is 18.9 Å². The van der Waals surface area contributed by atoms with Crippen molar-refractivity contribution in [3.8, 4) is 11.3 Å². The van der Waals surface area contributed by atoms with Gasteiger partial charge in [-0.15, -0.1) is 0 Å². The average molecular weight is 418 g/mol. The molecule has 31 heavy (non-hydrogen) atoms. The standard InChI is InChI=1S/C23H22N4O4/c28-21(26-11-13-27(14-12-26)23(30)18-9-5-2-6-10-18)16-24-22(29)19-15-20(31-25-19)17-7-3-1-4-8-17/h1-10,15H,11-14,16H2,(H,24,29). The Balaban J connectivity index is 1.26. The SMILES string of the molecule is O=C(NCC(=O)N1CCN(C(=O)c2ccccc2)CC1)c1cc(-c2ccccc2)on1. The number of hydrogen-bond acceptors (Lipinski definition) is 5. The molecule has 1 fully saturated rings. The maximum atomic E-state index is 12.5. The molecule has 0 unspecified atom stereocenters. The van der Waals surface area contributed by atoms with Gasteiger partial charge in [0.25, 0.3) is 11.8 Å². The van der Waals surface area contributed by atoms with Crippen LogP contribution in [0.15, 0.2) is 71.3 Å². The molecule has 1 aromatic heterocycles. The van der Waals surface area contributed by atoms with Gasteiger partial charge in [-0.2, -0.15) is 0 Å². The van der Waals surface area contributed by atoms with E-state index < -0.39 is 5.91 Å². The number of piperazine rings is 1. The van der Waals surface area contributed by atoms with Crippen LogP contribution >= 0.6 is 0 Å². The molecule has 2 heterocycles. The zero-order valence-electron chi connectivity index (χ0n) is 16.9. The molecule has 8 nitrogen and oxygen atoms in total. The molecule has 0 bridgehead atoms. The Hall–Kier alpha value is -3.94. The van der Waals surface area contributed by atoms with Gasteiger partial charge in [0.1, 0.15) is 0 Å². The van der Waals surface area contributed by atoms with Gasteiger partial charge in [0, 0.05) is 43.4 Å². The average Bonchev–Trinajstić information content (AvgIpc) is 3.34. The first-order valence-electron chi connectivity index (χ1n) is 10.0. The van der Waals surface area contributed by atoms with Gasteiger partial charge in [-0.3, -0.25) is 14.4 Å². The number of carbonyl (C=O) groups excluding carboxylic acids is 3. The third kappa shape index (κ3) is 4.80. The van der Waals surface area contributed by atoms with E-state index >= 15 is 0 Å². The number of nitrogens with zero attached hydrogens (tertiary/aromatic N) is 3. The highest BCUT2D eigenvalue weighted by Gasteiger charge is 2.25. The van der Waals surface area contributed by atoms with Gasteiger partial charge in [-0.05, 0) is 12.1 Å². The number of nitrogens with one attached hydrogen (secondary N) is 1. The number of carbonyl (C=O) groups is 3. The minimum atomic E-state index is -0.475. The van der Waals surface area contributed by atoms with Crippen molar-refractivity contribution in [2.45, 2.75) is 0 Å².